The quantitative estimate of drug-likeness (QED) is 0.612. The Morgan fingerprint density at radius 2 is 1.73 bits per heavy atom. The van der Waals surface area contributed by atoms with Gasteiger partial charge in [-0.1, -0.05) is 12.1 Å². The van der Waals surface area contributed by atoms with Crippen LogP contribution in [0.5, 0.6) is 0 Å². The fourth-order valence-corrected chi connectivity index (χ4v) is 2.42. The minimum absolute atomic E-state index is 0.0894. The number of carbonyl (C=O) groups excluding carboxylic acids is 1. The average molecular weight is 356 g/mol. The number of ether oxygens (including phenoxy) is 1. The molecule has 132 valence electrons. The molecule has 26 heavy (non-hydrogen) atoms. The zero-order valence-electron chi connectivity index (χ0n) is 13.4. The highest BCUT2D eigenvalue weighted by molar-refractivity contribution is 5.96. The Kier molecular flexibility index (Phi) is 4.31. The molecule has 2 aromatic carbocycles. The van der Waals surface area contributed by atoms with Crippen LogP contribution < -0.4 is 0 Å². The van der Waals surface area contributed by atoms with Crippen molar-refractivity contribution in [2.24, 2.45) is 5.10 Å². The summed E-state index contributed by atoms with van der Waals surface area (Å²) in [7, 11) is 0. The largest absolute Gasteiger partial charge is 0.446 e. The topological polar surface area (TPSA) is 128 Å². The van der Waals surface area contributed by atoms with Crippen LogP contribution in [0.3, 0.4) is 0 Å². The molecule has 10 heteroatoms. The summed E-state index contributed by atoms with van der Waals surface area (Å²) in [6.07, 6.45) is -0.961. The first-order valence-corrected chi connectivity index (χ1v) is 7.41. The second kappa shape index (κ2) is 6.59. The lowest BCUT2D eigenvalue weighted by molar-refractivity contribution is -0.385. The summed E-state index contributed by atoms with van der Waals surface area (Å²) in [6, 6.07) is 11.2. The van der Waals surface area contributed by atoms with Crippen LogP contribution in [0.4, 0.5) is 11.4 Å². The molecule has 1 aliphatic rings. The maximum absolute atomic E-state index is 11.9. The highest BCUT2D eigenvalue weighted by Crippen LogP contribution is 2.32. The monoisotopic (exact) mass is 356 g/mol. The zero-order chi connectivity index (χ0) is 18.8. The number of nitro benzene ring substituents is 2. The molecule has 0 N–H and O–H groups in total. The summed E-state index contributed by atoms with van der Waals surface area (Å²) in [6.45, 7) is 1.29. The molecule has 10 nitrogen and oxygen atoms in total. The van der Waals surface area contributed by atoms with Crippen LogP contribution in [-0.2, 0) is 9.53 Å². The number of nitro groups is 2. The second-order valence-electron chi connectivity index (χ2n) is 5.40. The standard InChI is InChI=1S/C16H12N4O6/c1-10(21)18-16(12-3-2-4-14(9-12)20(24)25)26-15(17-18)11-5-7-13(8-6-11)19(22)23/h2-9,16H,1H3/t16-/m1/s1. The van der Waals surface area contributed by atoms with Crippen molar-refractivity contribution in [3.05, 3.63) is 79.9 Å². The van der Waals surface area contributed by atoms with Gasteiger partial charge in [-0.25, -0.2) is 0 Å². The number of non-ortho nitro benzene ring substituents is 2. The Labute approximate surface area is 146 Å². The van der Waals surface area contributed by atoms with Gasteiger partial charge >= 0.3 is 0 Å². The lowest BCUT2D eigenvalue weighted by Crippen LogP contribution is -2.25. The lowest BCUT2D eigenvalue weighted by atomic mass is 10.1. The summed E-state index contributed by atoms with van der Waals surface area (Å²) < 4.78 is 5.71. The van der Waals surface area contributed by atoms with Crippen LogP contribution in [0.2, 0.25) is 0 Å². The van der Waals surface area contributed by atoms with Gasteiger partial charge in [0, 0.05) is 42.3 Å². The fourth-order valence-electron chi connectivity index (χ4n) is 2.42. The van der Waals surface area contributed by atoms with Crippen molar-refractivity contribution in [2.45, 2.75) is 13.2 Å². The van der Waals surface area contributed by atoms with Gasteiger partial charge in [-0.05, 0) is 12.1 Å². The number of amides is 1. The van der Waals surface area contributed by atoms with E-state index in [9.17, 15) is 25.0 Å². The Morgan fingerprint density at radius 1 is 1.08 bits per heavy atom. The molecule has 0 unspecified atom stereocenters. The van der Waals surface area contributed by atoms with Gasteiger partial charge in [0.25, 0.3) is 11.4 Å². The first kappa shape index (κ1) is 17.0. The van der Waals surface area contributed by atoms with E-state index in [1.807, 2.05) is 0 Å². The highest BCUT2D eigenvalue weighted by atomic mass is 16.6. The van der Waals surface area contributed by atoms with Gasteiger partial charge < -0.3 is 4.74 Å². The molecule has 0 spiro atoms. The molecule has 0 radical (unpaired) electrons. The Balaban J connectivity index is 1.93. The summed E-state index contributed by atoms with van der Waals surface area (Å²) in [5, 5.41) is 26.9. The summed E-state index contributed by atoms with van der Waals surface area (Å²) in [5.74, 6) is -0.329. The van der Waals surface area contributed by atoms with Gasteiger partial charge in [0.05, 0.1) is 9.85 Å². The van der Waals surface area contributed by atoms with Crippen LogP contribution in [-0.4, -0.2) is 26.7 Å². The maximum atomic E-state index is 11.9. The molecule has 0 fully saturated rings. The molecule has 1 atom stereocenters. The minimum atomic E-state index is -0.961. The van der Waals surface area contributed by atoms with E-state index in [0.717, 1.165) is 5.01 Å². The molecule has 0 saturated carbocycles. The van der Waals surface area contributed by atoms with E-state index in [0.29, 0.717) is 11.1 Å². The normalized spacial score (nSPS) is 16.0. The van der Waals surface area contributed by atoms with Crippen molar-refractivity contribution < 1.29 is 19.4 Å². The van der Waals surface area contributed by atoms with Gasteiger partial charge in [0.2, 0.25) is 18.0 Å². The molecule has 0 saturated heterocycles. The van der Waals surface area contributed by atoms with Crippen LogP contribution in [0.1, 0.15) is 24.3 Å². The smallest absolute Gasteiger partial charge is 0.269 e. The number of hydrogen-bond acceptors (Lipinski definition) is 7. The predicted octanol–water partition coefficient (Wildman–Crippen LogP) is 2.74. The number of hydrogen-bond donors (Lipinski definition) is 0. The van der Waals surface area contributed by atoms with Crippen LogP contribution in [0, 0.1) is 20.2 Å². The van der Waals surface area contributed by atoms with Crippen LogP contribution in [0.25, 0.3) is 0 Å². The Hall–Kier alpha value is -3.82. The molecule has 1 heterocycles. The highest BCUT2D eigenvalue weighted by Gasteiger charge is 2.33. The molecular formula is C16H12N4O6. The predicted molar refractivity (Wildman–Crippen MR) is 89.1 cm³/mol. The van der Waals surface area contributed by atoms with E-state index in [1.54, 1.807) is 6.07 Å². The van der Waals surface area contributed by atoms with Crippen molar-refractivity contribution in [1.82, 2.24) is 5.01 Å². The lowest BCUT2D eigenvalue weighted by Gasteiger charge is -2.19. The van der Waals surface area contributed by atoms with E-state index < -0.39 is 22.0 Å². The Morgan fingerprint density at radius 3 is 2.31 bits per heavy atom. The molecular weight excluding hydrogens is 344 g/mol. The molecule has 1 amide bonds. The molecule has 1 aliphatic heterocycles. The van der Waals surface area contributed by atoms with Crippen molar-refractivity contribution >= 4 is 23.2 Å². The average Bonchev–Trinajstić information content (AvgIpc) is 3.07. The van der Waals surface area contributed by atoms with Gasteiger partial charge in [-0.15, -0.1) is 5.10 Å². The molecule has 0 bridgehead atoms. The molecule has 0 aliphatic carbocycles. The van der Waals surface area contributed by atoms with Crippen molar-refractivity contribution in [3.8, 4) is 0 Å². The summed E-state index contributed by atoms with van der Waals surface area (Å²) in [4.78, 5) is 32.5. The van der Waals surface area contributed by atoms with Crippen molar-refractivity contribution in [3.63, 3.8) is 0 Å². The van der Waals surface area contributed by atoms with E-state index >= 15 is 0 Å². The molecule has 0 aromatic heterocycles. The number of rotatable bonds is 4. The number of nitrogens with zero attached hydrogens (tertiary/aromatic N) is 4. The van der Waals surface area contributed by atoms with E-state index in [2.05, 4.69) is 5.10 Å². The maximum Gasteiger partial charge on any atom is 0.269 e. The van der Waals surface area contributed by atoms with Crippen LogP contribution in [0.15, 0.2) is 53.6 Å². The minimum Gasteiger partial charge on any atom is -0.446 e. The Bertz CT molecular complexity index is 925. The first-order valence-electron chi connectivity index (χ1n) is 7.41. The van der Waals surface area contributed by atoms with Gasteiger partial charge in [-0.2, -0.15) is 5.01 Å². The SMILES string of the molecule is CC(=O)N1N=C(c2ccc([N+](=O)[O-])cc2)O[C@@H]1c1cccc([N+](=O)[O-])c1. The van der Waals surface area contributed by atoms with Crippen LogP contribution >= 0.6 is 0 Å². The van der Waals surface area contributed by atoms with Crippen molar-refractivity contribution in [1.29, 1.82) is 0 Å². The third-order valence-electron chi connectivity index (χ3n) is 3.66. The third-order valence-corrected chi connectivity index (χ3v) is 3.66. The molecule has 3 rings (SSSR count). The number of carbonyl (C=O) groups is 1. The van der Waals surface area contributed by atoms with E-state index in [4.69, 9.17) is 4.74 Å². The van der Waals surface area contributed by atoms with Gasteiger partial charge in [-0.3, -0.25) is 25.0 Å². The number of benzene rings is 2. The fraction of sp³-hybridized carbons (Fsp3) is 0.125. The van der Waals surface area contributed by atoms with E-state index in [1.165, 1.54) is 49.4 Å². The molecule has 2 aromatic rings. The van der Waals surface area contributed by atoms with E-state index in [-0.39, 0.29) is 17.3 Å². The third kappa shape index (κ3) is 3.20. The van der Waals surface area contributed by atoms with Gasteiger partial charge in [0.15, 0.2) is 0 Å². The summed E-state index contributed by atoms with van der Waals surface area (Å²) in [5.41, 5.74) is 0.592. The first-order chi connectivity index (χ1) is 12.4. The van der Waals surface area contributed by atoms with Crippen molar-refractivity contribution in [2.75, 3.05) is 0 Å². The number of hydrazone groups is 1. The summed E-state index contributed by atoms with van der Waals surface area (Å²) >= 11 is 0. The zero-order valence-corrected chi connectivity index (χ0v) is 13.4. The second-order valence-corrected chi connectivity index (χ2v) is 5.40. The van der Waals surface area contributed by atoms with Gasteiger partial charge in [0.1, 0.15) is 0 Å².